The van der Waals surface area contributed by atoms with Gasteiger partial charge in [-0.1, -0.05) is 11.6 Å². The molecule has 2 rings (SSSR count). The SMILES string of the molecule is CCNC(=NCc1nncn1CC)NCCSc1ccc(Cl)cc1. The maximum atomic E-state index is 5.89. The first-order chi connectivity index (χ1) is 11.7. The molecule has 1 aromatic heterocycles. The zero-order valence-electron chi connectivity index (χ0n) is 14.0. The molecule has 0 saturated heterocycles. The first kappa shape index (κ1) is 18.6. The van der Waals surface area contributed by atoms with Gasteiger partial charge in [0.05, 0.1) is 0 Å². The van der Waals surface area contributed by atoms with Crippen molar-refractivity contribution in [2.45, 2.75) is 31.8 Å². The average Bonchev–Trinajstić information content (AvgIpc) is 3.05. The van der Waals surface area contributed by atoms with Crippen molar-refractivity contribution in [2.24, 2.45) is 4.99 Å². The lowest BCUT2D eigenvalue weighted by Crippen LogP contribution is -2.38. The van der Waals surface area contributed by atoms with Crippen LogP contribution in [0.4, 0.5) is 0 Å². The Balaban J connectivity index is 1.80. The molecule has 0 saturated carbocycles. The number of benzene rings is 1. The van der Waals surface area contributed by atoms with E-state index in [0.29, 0.717) is 6.54 Å². The Morgan fingerprint density at radius 2 is 2.04 bits per heavy atom. The van der Waals surface area contributed by atoms with E-state index in [1.54, 1.807) is 18.1 Å². The smallest absolute Gasteiger partial charge is 0.191 e. The molecule has 24 heavy (non-hydrogen) atoms. The third kappa shape index (κ3) is 6.05. The van der Waals surface area contributed by atoms with Gasteiger partial charge in [0.1, 0.15) is 12.9 Å². The second kappa shape index (κ2) is 10.2. The Hall–Kier alpha value is -1.73. The van der Waals surface area contributed by atoms with E-state index in [-0.39, 0.29) is 0 Å². The summed E-state index contributed by atoms with van der Waals surface area (Å²) in [7, 11) is 0. The molecule has 8 heteroatoms. The number of thioether (sulfide) groups is 1. The van der Waals surface area contributed by atoms with E-state index in [1.807, 2.05) is 35.8 Å². The minimum Gasteiger partial charge on any atom is -0.357 e. The predicted octanol–water partition coefficient (Wildman–Crippen LogP) is 2.80. The number of hydrogen-bond donors (Lipinski definition) is 2. The molecule has 0 aliphatic heterocycles. The van der Waals surface area contributed by atoms with Crippen LogP contribution in [0.1, 0.15) is 19.7 Å². The summed E-state index contributed by atoms with van der Waals surface area (Å²) >= 11 is 7.67. The molecule has 0 aliphatic carbocycles. The summed E-state index contributed by atoms with van der Waals surface area (Å²) in [5.74, 6) is 2.60. The predicted molar refractivity (Wildman–Crippen MR) is 101 cm³/mol. The van der Waals surface area contributed by atoms with Crippen LogP contribution in [-0.4, -0.2) is 39.6 Å². The van der Waals surface area contributed by atoms with Crippen LogP contribution in [0.25, 0.3) is 0 Å². The summed E-state index contributed by atoms with van der Waals surface area (Å²) in [4.78, 5) is 5.77. The molecule has 0 radical (unpaired) electrons. The zero-order chi connectivity index (χ0) is 17.2. The normalized spacial score (nSPS) is 11.5. The highest BCUT2D eigenvalue weighted by Crippen LogP contribution is 2.19. The maximum absolute atomic E-state index is 5.89. The molecule has 0 fully saturated rings. The first-order valence-electron chi connectivity index (χ1n) is 8.00. The molecule has 0 amide bonds. The summed E-state index contributed by atoms with van der Waals surface area (Å²) in [6.45, 7) is 7.10. The number of aliphatic imine (C=N–C) groups is 1. The molecule has 0 spiro atoms. The van der Waals surface area contributed by atoms with E-state index in [4.69, 9.17) is 11.6 Å². The topological polar surface area (TPSA) is 67.1 Å². The number of nitrogens with zero attached hydrogens (tertiary/aromatic N) is 4. The Morgan fingerprint density at radius 3 is 2.75 bits per heavy atom. The van der Waals surface area contributed by atoms with Gasteiger partial charge in [0, 0.05) is 35.3 Å². The van der Waals surface area contributed by atoms with Gasteiger partial charge < -0.3 is 15.2 Å². The van der Waals surface area contributed by atoms with Crippen molar-refractivity contribution >= 4 is 29.3 Å². The molecule has 130 valence electrons. The summed E-state index contributed by atoms with van der Waals surface area (Å²) in [5, 5.41) is 15.4. The van der Waals surface area contributed by atoms with E-state index < -0.39 is 0 Å². The summed E-state index contributed by atoms with van der Waals surface area (Å²) in [6, 6.07) is 7.88. The van der Waals surface area contributed by atoms with Crippen LogP contribution in [0.15, 0.2) is 40.5 Å². The highest BCUT2D eigenvalue weighted by Gasteiger charge is 2.03. The van der Waals surface area contributed by atoms with Gasteiger partial charge in [-0.2, -0.15) is 0 Å². The van der Waals surface area contributed by atoms with Crippen LogP contribution >= 0.6 is 23.4 Å². The van der Waals surface area contributed by atoms with Crippen molar-refractivity contribution < 1.29 is 0 Å². The average molecular weight is 367 g/mol. The number of guanidine groups is 1. The summed E-state index contributed by atoms with van der Waals surface area (Å²) in [6.07, 6.45) is 1.73. The highest BCUT2D eigenvalue weighted by molar-refractivity contribution is 7.99. The molecule has 0 aliphatic rings. The third-order valence-electron chi connectivity index (χ3n) is 3.24. The third-order valence-corrected chi connectivity index (χ3v) is 4.50. The van der Waals surface area contributed by atoms with Gasteiger partial charge >= 0.3 is 0 Å². The monoisotopic (exact) mass is 366 g/mol. The minimum absolute atomic E-state index is 0.507. The number of rotatable bonds is 8. The van der Waals surface area contributed by atoms with E-state index in [1.165, 1.54) is 4.90 Å². The molecular weight excluding hydrogens is 344 g/mol. The molecule has 0 unspecified atom stereocenters. The molecule has 1 aromatic carbocycles. The number of nitrogens with one attached hydrogen (secondary N) is 2. The number of aromatic nitrogens is 3. The van der Waals surface area contributed by atoms with Crippen molar-refractivity contribution in [1.82, 2.24) is 25.4 Å². The molecule has 6 nitrogen and oxygen atoms in total. The summed E-state index contributed by atoms with van der Waals surface area (Å²) in [5.41, 5.74) is 0. The van der Waals surface area contributed by atoms with E-state index in [9.17, 15) is 0 Å². The van der Waals surface area contributed by atoms with Gasteiger partial charge in [-0.15, -0.1) is 22.0 Å². The van der Waals surface area contributed by atoms with Crippen molar-refractivity contribution in [3.63, 3.8) is 0 Å². The first-order valence-corrected chi connectivity index (χ1v) is 9.36. The van der Waals surface area contributed by atoms with Gasteiger partial charge in [0.2, 0.25) is 0 Å². The fourth-order valence-corrected chi connectivity index (χ4v) is 2.92. The van der Waals surface area contributed by atoms with Crippen molar-refractivity contribution in [3.8, 4) is 0 Å². The van der Waals surface area contributed by atoms with Crippen molar-refractivity contribution in [1.29, 1.82) is 0 Å². The van der Waals surface area contributed by atoms with Crippen LogP contribution in [-0.2, 0) is 13.1 Å². The van der Waals surface area contributed by atoms with Crippen molar-refractivity contribution in [3.05, 3.63) is 41.4 Å². The summed E-state index contributed by atoms with van der Waals surface area (Å²) < 4.78 is 1.99. The molecule has 0 bridgehead atoms. The quantitative estimate of drug-likeness (QED) is 0.325. The Bertz CT molecular complexity index is 640. The van der Waals surface area contributed by atoms with Gasteiger partial charge in [-0.05, 0) is 38.1 Å². The van der Waals surface area contributed by atoms with Crippen LogP contribution < -0.4 is 10.6 Å². The number of aryl methyl sites for hydroxylation is 1. The molecule has 2 aromatic rings. The largest absolute Gasteiger partial charge is 0.357 e. The lowest BCUT2D eigenvalue weighted by molar-refractivity contribution is 0.695. The van der Waals surface area contributed by atoms with E-state index in [0.717, 1.165) is 42.2 Å². The fraction of sp³-hybridized carbons (Fsp3) is 0.438. The fourth-order valence-electron chi connectivity index (χ4n) is 2.03. The van der Waals surface area contributed by atoms with E-state index >= 15 is 0 Å². The van der Waals surface area contributed by atoms with Gasteiger partial charge in [0.15, 0.2) is 11.8 Å². The van der Waals surface area contributed by atoms with Crippen LogP contribution in [0.2, 0.25) is 5.02 Å². The number of halogens is 1. The second-order valence-corrected chi connectivity index (χ2v) is 6.56. The minimum atomic E-state index is 0.507. The molecular formula is C16H23ClN6S. The zero-order valence-corrected chi connectivity index (χ0v) is 15.6. The Labute approximate surface area is 152 Å². The van der Waals surface area contributed by atoms with Crippen LogP contribution in [0.3, 0.4) is 0 Å². The van der Waals surface area contributed by atoms with Gasteiger partial charge in [-0.25, -0.2) is 4.99 Å². The Kier molecular flexibility index (Phi) is 7.91. The number of hydrogen-bond acceptors (Lipinski definition) is 4. The van der Waals surface area contributed by atoms with Crippen molar-refractivity contribution in [2.75, 3.05) is 18.8 Å². The maximum Gasteiger partial charge on any atom is 0.191 e. The standard InChI is InChI=1S/C16H23ClN6S/c1-3-18-16(20-11-15-22-21-12-23(15)4-2)19-9-10-24-14-7-5-13(17)6-8-14/h5-8,12H,3-4,9-11H2,1-2H3,(H2,18,19,20). The molecule has 0 atom stereocenters. The van der Waals surface area contributed by atoms with E-state index in [2.05, 4.69) is 32.7 Å². The van der Waals surface area contributed by atoms with Crippen LogP contribution in [0.5, 0.6) is 0 Å². The molecule has 1 heterocycles. The highest BCUT2D eigenvalue weighted by atomic mass is 35.5. The lowest BCUT2D eigenvalue weighted by atomic mass is 10.4. The second-order valence-electron chi connectivity index (χ2n) is 4.96. The van der Waals surface area contributed by atoms with Gasteiger partial charge in [0.25, 0.3) is 0 Å². The lowest BCUT2D eigenvalue weighted by Gasteiger charge is -2.11. The molecule has 2 N–H and O–H groups in total. The van der Waals surface area contributed by atoms with Gasteiger partial charge in [-0.3, -0.25) is 0 Å². The Morgan fingerprint density at radius 1 is 1.25 bits per heavy atom. The van der Waals surface area contributed by atoms with Crippen LogP contribution in [0, 0.1) is 0 Å².